The summed E-state index contributed by atoms with van der Waals surface area (Å²) in [6, 6.07) is 23.2. The number of rotatable bonds is 6. The van der Waals surface area contributed by atoms with Gasteiger partial charge in [-0.25, -0.2) is 0 Å². The summed E-state index contributed by atoms with van der Waals surface area (Å²) in [5, 5.41) is 23.0. The Morgan fingerprint density at radius 3 is 1.22 bits per heavy atom. The van der Waals surface area contributed by atoms with Crippen molar-refractivity contribution in [3.8, 4) is 0 Å². The van der Waals surface area contributed by atoms with Crippen LogP contribution in [0.3, 0.4) is 0 Å². The molecule has 17 heteroatoms. The molecule has 4 atom stereocenters. The number of ketones is 1. The third-order valence-corrected chi connectivity index (χ3v) is 11.7. The number of nitrogens with one attached hydrogen (secondary N) is 8. The van der Waals surface area contributed by atoms with E-state index in [2.05, 4.69) is 42.5 Å². The minimum Gasteiger partial charge on any atom is -0.343 e. The molecule has 68 heavy (non-hydrogen) atoms. The largest absolute Gasteiger partial charge is 0.343 e. The lowest BCUT2D eigenvalue weighted by atomic mass is 9.96. The maximum Gasteiger partial charge on any atom is 0.245 e. The van der Waals surface area contributed by atoms with Gasteiger partial charge in [-0.15, -0.1) is 0 Å². The van der Waals surface area contributed by atoms with Gasteiger partial charge in [0, 0.05) is 24.0 Å². The number of benzene rings is 4. The second kappa shape index (κ2) is 20.6. The van der Waals surface area contributed by atoms with Crippen molar-refractivity contribution >= 4 is 63.8 Å². The van der Waals surface area contributed by atoms with Gasteiger partial charge in [-0.3, -0.25) is 43.2 Å². The molecule has 0 saturated carbocycles. The molecular formula is C51H62N8O9. The number of fused-ring (bicyclic) bond motifs is 1. The van der Waals surface area contributed by atoms with E-state index in [1.165, 1.54) is 69.2 Å². The zero-order chi connectivity index (χ0) is 50.4. The van der Waals surface area contributed by atoms with E-state index in [4.69, 9.17) is 0 Å². The Hall–Kier alpha value is -7.43. The molecule has 0 spiro atoms. The first-order chi connectivity index (χ1) is 31.7. The summed E-state index contributed by atoms with van der Waals surface area (Å²) in [7, 11) is 0. The second-order valence-corrected chi connectivity index (χ2v) is 19.4. The summed E-state index contributed by atoms with van der Waals surface area (Å²) in [5.41, 5.74) is -4.59. The number of amides is 8. The van der Waals surface area contributed by atoms with Crippen LogP contribution in [-0.2, 0) is 51.2 Å². The molecule has 0 aliphatic carbocycles. The highest BCUT2D eigenvalue weighted by molar-refractivity contribution is 6.09. The molecule has 4 aromatic rings. The summed E-state index contributed by atoms with van der Waals surface area (Å²) < 4.78 is 0. The predicted octanol–water partition coefficient (Wildman–Crippen LogP) is 2.43. The fourth-order valence-electron chi connectivity index (χ4n) is 7.22. The number of hydrogen-bond acceptors (Lipinski definition) is 9. The van der Waals surface area contributed by atoms with Gasteiger partial charge in [-0.2, -0.15) is 0 Å². The smallest absolute Gasteiger partial charge is 0.245 e. The number of carbonyl (C=O) groups is 9. The van der Waals surface area contributed by atoms with Crippen LogP contribution in [0.5, 0.6) is 0 Å². The van der Waals surface area contributed by atoms with Crippen LogP contribution < -0.4 is 42.5 Å². The molecule has 1 heterocycles. The van der Waals surface area contributed by atoms with Crippen LogP contribution in [0, 0.1) is 0 Å². The maximum atomic E-state index is 14.2. The summed E-state index contributed by atoms with van der Waals surface area (Å²) in [6.07, 6.45) is -0.137. The summed E-state index contributed by atoms with van der Waals surface area (Å²) >= 11 is 0. The standard InChI is InChI=1S/C51H62N8O9/c1-29-40(61)56-50(7,8)46(67)54-37(27-31-20-24-35(25-21-31)39(60)34-17-12-11-13-18-34)42(63)58-48(3,4)44(65)52-30(2)41(62)57-51(9,10)47(68)55-38(43(64)59-49(5,6)45(66)53-29)28-32-22-23-33-16-14-15-19-36(33)26-32/h11-26,29-30,37-38H,27-28H2,1-10H3,(H,52,65)(H,53,66)(H,54,67)(H,55,68)(H,56,61)(H,57,62)(H,58,63)(H,59,64)/t29-,30-,37+,38+/m0/s1. The highest BCUT2D eigenvalue weighted by atomic mass is 16.2. The van der Waals surface area contributed by atoms with Crippen molar-refractivity contribution in [2.45, 2.75) is 128 Å². The molecule has 0 bridgehead atoms. The first-order valence-electron chi connectivity index (χ1n) is 22.4. The molecule has 8 amide bonds. The first kappa shape index (κ1) is 51.6. The van der Waals surface area contributed by atoms with Gasteiger partial charge in [0.1, 0.15) is 46.3 Å². The Morgan fingerprint density at radius 2 is 0.765 bits per heavy atom. The summed E-state index contributed by atoms with van der Waals surface area (Å²) in [6.45, 7) is 14.0. The van der Waals surface area contributed by atoms with E-state index in [0.29, 0.717) is 22.3 Å². The highest BCUT2D eigenvalue weighted by Gasteiger charge is 2.41. The highest BCUT2D eigenvalue weighted by Crippen LogP contribution is 2.19. The van der Waals surface area contributed by atoms with Crippen LogP contribution >= 0.6 is 0 Å². The lowest BCUT2D eigenvalue weighted by Crippen LogP contribution is -2.66. The minimum atomic E-state index is -1.68. The van der Waals surface area contributed by atoms with Gasteiger partial charge >= 0.3 is 0 Å². The van der Waals surface area contributed by atoms with Crippen LogP contribution in [0.25, 0.3) is 10.8 Å². The van der Waals surface area contributed by atoms with Gasteiger partial charge in [0.05, 0.1) is 0 Å². The predicted molar refractivity (Wildman–Crippen MR) is 256 cm³/mol. The molecule has 1 fully saturated rings. The van der Waals surface area contributed by atoms with Gasteiger partial charge < -0.3 is 42.5 Å². The summed E-state index contributed by atoms with van der Waals surface area (Å²) in [5.74, 6) is -6.38. The molecule has 1 aliphatic rings. The van der Waals surface area contributed by atoms with Crippen LogP contribution in [0.1, 0.15) is 96.3 Å². The van der Waals surface area contributed by atoms with Crippen molar-refractivity contribution < 1.29 is 43.2 Å². The Morgan fingerprint density at radius 1 is 0.412 bits per heavy atom. The Balaban J connectivity index is 1.44. The van der Waals surface area contributed by atoms with Crippen molar-refractivity contribution in [1.29, 1.82) is 0 Å². The van der Waals surface area contributed by atoms with Crippen molar-refractivity contribution in [2.24, 2.45) is 0 Å². The minimum absolute atomic E-state index is 0.0176. The van der Waals surface area contributed by atoms with E-state index < -0.39 is 93.6 Å². The molecule has 4 aromatic carbocycles. The van der Waals surface area contributed by atoms with E-state index in [1.54, 1.807) is 54.6 Å². The monoisotopic (exact) mass is 930 g/mol. The van der Waals surface area contributed by atoms with Gasteiger partial charge in [-0.05, 0) is 91.1 Å². The normalized spacial score (nSPS) is 22.9. The molecule has 0 radical (unpaired) electrons. The summed E-state index contributed by atoms with van der Waals surface area (Å²) in [4.78, 5) is 124. The quantitative estimate of drug-likeness (QED) is 0.132. The molecule has 0 aromatic heterocycles. The Kier molecular flexibility index (Phi) is 15.6. The van der Waals surface area contributed by atoms with Crippen molar-refractivity contribution in [2.75, 3.05) is 0 Å². The van der Waals surface area contributed by atoms with E-state index in [1.807, 2.05) is 42.5 Å². The zero-order valence-electron chi connectivity index (χ0n) is 40.1. The topological polar surface area (TPSA) is 250 Å². The van der Waals surface area contributed by atoms with Crippen LogP contribution in [0.4, 0.5) is 0 Å². The molecule has 0 unspecified atom stereocenters. The molecule has 5 rings (SSSR count). The lowest BCUT2D eigenvalue weighted by molar-refractivity contribution is -0.139. The van der Waals surface area contributed by atoms with Crippen LogP contribution in [0.2, 0.25) is 0 Å². The Labute approximate surface area is 396 Å². The first-order valence-corrected chi connectivity index (χ1v) is 22.4. The molecule has 8 N–H and O–H groups in total. The number of hydrogen-bond donors (Lipinski definition) is 8. The molecule has 360 valence electrons. The average molecular weight is 931 g/mol. The van der Waals surface area contributed by atoms with E-state index in [0.717, 1.165) is 10.8 Å². The van der Waals surface area contributed by atoms with Gasteiger partial charge in [0.15, 0.2) is 5.78 Å². The fraction of sp³-hybridized carbons (Fsp3) is 0.392. The fourth-order valence-corrected chi connectivity index (χ4v) is 7.22. The Bertz CT molecular complexity index is 2600. The van der Waals surface area contributed by atoms with E-state index in [9.17, 15) is 43.2 Å². The average Bonchev–Trinajstić information content (AvgIpc) is 3.27. The maximum absolute atomic E-state index is 14.2. The third kappa shape index (κ3) is 12.9. The number of carbonyl (C=O) groups excluding carboxylic acids is 9. The van der Waals surface area contributed by atoms with Crippen molar-refractivity contribution in [3.05, 3.63) is 119 Å². The molecule has 1 saturated heterocycles. The van der Waals surface area contributed by atoms with Crippen LogP contribution in [-0.4, -0.2) is 99.4 Å². The van der Waals surface area contributed by atoms with E-state index >= 15 is 0 Å². The second-order valence-electron chi connectivity index (χ2n) is 19.4. The molecular weight excluding hydrogens is 869 g/mol. The van der Waals surface area contributed by atoms with Gasteiger partial charge in [-0.1, -0.05) is 97.1 Å². The van der Waals surface area contributed by atoms with Crippen molar-refractivity contribution in [3.63, 3.8) is 0 Å². The SMILES string of the molecule is C[C@@H]1NC(=O)C(C)(C)NC(=O)[C@@H](Cc2ccc(C(=O)c3ccccc3)cc2)NC(=O)C(C)(C)NC(=O)[C@H](C)NC(=O)C(C)(C)NC(=O)[C@@H](Cc2ccc3ccccc3c2)NC(=O)C(C)(C)NC1=O. The zero-order valence-corrected chi connectivity index (χ0v) is 40.1. The van der Waals surface area contributed by atoms with Gasteiger partial charge in [0.2, 0.25) is 47.3 Å². The van der Waals surface area contributed by atoms with Gasteiger partial charge in [0.25, 0.3) is 0 Å². The van der Waals surface area contributed by atoms with Crippen LogP contribution in [0.15, 0.2) is 97.1 Å². The van der Waals surface area contributed by atoms with Crippen molar-refractivity contribution in [1.82, 2.24) is 42.5 Å². The third-order valence-electron chi connectivity index (χ3n) is 11.7. The molecule has 17 nitrogen and oxygen atoms in total. The molecule has 1 aliphatic heterocycles. The van der Waals surface area contributed by atoms with E-state index in [-0.39, 0.29) is 18.6 Å². The lowest BCUT2D eigenvalue weighted by Gasteiger charge is -2.34.